The van der Waals surface area contributed by atoms with Gasteiger partial charge in [-0.15, -0.1) is 0 Å². The molecule has 1 rings (SSSR count). The van der Waals surface area contributed by atoms with Crippen molar-refractivity contribution >= 4 is 11.6 Å². The molecule has 0 aliphatic rings. The molecule has 0 unspecified atom stereocenters. The number of hydrogen-bond donors (Lipinski definition) is 1. The molecule has 0 bridgehead atoms. The highest BCUT2D eigenvalue weighted by atomic mass is 35.5. The van der Waals surface area contributed by atoms with E-state index in [4.69, 9.17) is 16.7 Å². The Morgan fingerprint density at radius 3 is 2.69 bits per heavy atom. The standard InChI is InChI=1S/C10H12ClFO/c1-2-8-5-7(3-4-13)6-9(11)10(8)12/h5-6,13H,2-4H2,1H3. The van der Waals surface area contributed by atoms with E-state index in [1.165, 1.54) is 0 Å². The van der Waals surface area contributed by atoms with Gasteiger partial charge in [0.15, 0.2) is 0 Å². The van der Waals surface area contributed by atoms with E-state index >= 15 is 0 Å². The lowest BCUT2D eigenvalue weighted by molar-refractivity contribution is 0.299. The molecule has 0 saturated heterocycles. The fraction of sp³-hybridized carbons (Fsp3) is 0.400. The summed E-state index contributed by atoms with van der Waals surface area (Å²) < 4.78 is 13.2. The predicted molar refractivity (Wildman–Crippen MR) is 51.6 cm³/mol. The molecule has 0 radical (unpaired) electrons. The van der Waals surface area contributed by atoms with Gasteiger partial charge in [-0.25, -0.2) is 4.39 Å². The van der Waals surface area contributed by atoms with Crippen molar-refractivity contribution in [3.05, 3.63) is 34.1 Å². The third-order valence-electron chi connectivity index (χ3n) is 1.94. The van der Waals surface area contributed by atoms with Gasteiger partial charge in [-0.05, 0) is 30.0 Å². The molecule has 1 N–H and O–H groups in total. The number of aliphatic hydroxyl groups is 1. The molecule has 3 heteroatoms. The average Bonchev–Trinajstić information content (AvgIpc) is 2.11. The highest BCUT2D eigenvalue weighted by Gasteiger charge is 2.07. The quantitative estimate of drug-likeness (QED) is 0.799. The summed E-state index contributed by atoms with van der Waals surface area (Å²) in [5.74, 6) is -0.342. The summed E-state index contributed by atoms with van der Waals surface area (Å²) in [6, 6.07) is 3.31. The Morgan fingerprint density at radius 1 is 1.46 bits per heavy atom. The zero-order chi connectivity index (χ0) is 9.84. The van der Waals surface area contributed by atoms with Crippen LogP contribution in [0.15, 0.2) is 12.1 Å². The van der Waals surface area contributed by atoms with Crippen LogP contribution in [0, 0.1) is 5.82 Å². The van der Waals surface area contributed by atoms with Gasteiger partial charge in [0, 0.05) is 6.61 Å². The molecular weight excluding hydrogens is 191 g/mol. The average molecular weight is 203 g/mol. The Balaban J connectivity index is 3.06. The molecule has 13 heavy (non-hydrogen) atoms. The second kappa shape index (κ2) is 4.58. The lowest BCUT2D eigenvalue weighted by Crippen LogP contribution is -1.96. The molecule has 0 atom stereocenters. The zero-order valence-electron chi connectivity index (χ0n) is 7.48. The number of hydrogen-bond acceptors (Lipinski definition) is 1. The summed E-state index contributed by atoms with van der Waals surface area (Å²) in [7, 11) is 0. The van der Waals surface area contributed by atoms with Gasteiger partial charge in [-0.2, -0.15) is 0 Å². The molecule has 0 amide bonds. The molecule has 1 aromatic rings. The van der Waals surface area contributed by atoms with Gasteiger partial charge in [0.05, 0.1) is 5.02 Å². The van der Waals surface area contributed by atoms with Gasteiger partial charge < -0.3 is 5.11 Å². The van der Waals surface area contributed by atoms with E-state index in [0.29, 0.717) is 18.4 Å². The Labute approximate surface area is 82.2 Å². The number of benzene rings is 1. The molecule has 0 spiro atoms. The highest BCUT2D eigenvalue weighted by Crippen LogP contribution is 2.21. The van der Waals surface area contributed by atoms with Crippen LogP contribution in [-0.2, 0) is 12.8 Å². The third kappa shape index (κ3) is 2.42. The fourth-order valence-corrected chi connectivity index (χ4v) is 1.50. The predicted octanol–water partition coefficient (Wildman–Crippen LogP) is 2.58. The van der Waals surface area contributed by atoms with E-state index in [1.54, 1.807) is 12.1 Å². The van der Waals surface area contributed by atoms with Crippen LogP contribution in [0.2, 0.25) is 5.02 Å². The van der Waals surface area contributed by atoms with E-state index < -0.39 is 0 Å². The number of aliphatic hydroxyl groups excluding tert-OH is 1. The van der Waals surface area contributed by atoms with Crippen LogP contribution < -0.4 is 0 Å². The van der Waals surface area contributed by atoms with Crippen LogP contribution in [0.4, 0.5) is 4.39 Å². The van der Waals surface area contributed by atoms with Crippen molar-refractivity contribution in [3.8, 4) is 0 Å². The molecule has 0 saturated carbocycles. The summed E-state index contributed by atoms with van der Waals surface area (Å²) in [5.41, 5.74) is 1.49. The zero-order valence-corrected chi connectivity index (χ0v) is 8.24. The summed E-state index contributed by atoms with van der Waals surface area (Å²) in [4.78, 5) is 0. The Kier molecular flexibility index (Phi) is 3.70. The van der Waals surface area contributed by atoms with Crippen LogP contribution in [0.25, 0.3) is 0 Å². The first kappa shape index (κ1) is 10.5. The van der Waals surface area contributed by atoms with Crippen molar-refractivity contribution in [2.45, 2.75) is 19.8 Å². The van der Waals surface area contributed by atoms with Crippen molar-refractivity contribution in [1.29, 1.82) is 0 Å². The van der Waals surface area contributed by atoms with Crippen molar-refractivity contribution in [2.75, 3.05) is 6.61 Å². The smallest absolute Gasteiger partial charge is 0.144 e. The van der Waals surface area contributed by atoms with Gasteiger partial charge in [0.25, 0.3) is 0 Å². The minimum atomic E-state index is -0.342. The second-order valence-electron chi connectivity index (χ2n) is 2.88. The molecule has 0 aliphatic carbocycles. The first-order chi connectivity index (χ1) is 6.19. The maximum atomic E-state index is 13.2. The Morgan fingerprint density at radius 2 is 2.15 bits per heavy atom. The molecule has 0 fully saturated rings. The molecule has 0 aromatic heterocycles. The van der Waals surface area contributed by atoms with Crippen molar-refractivity contribution < 1.29 is 9.50 Å². The van der Waals surface area contributed by atoms with Gasteiger partial charge in [-0.1, -0.05) is 24.6 Å². The number of aryl methyl sites for hydroxylation is 1. The number of rotatable bonds is 3. The van der Waals surface area contributed by atoms with Gasteiger partial charge in [0.2, 0.25) is 0 Å². The van der Waals surface area contributed by atoms with E-state index in [9.17, 15) is 4.39 Å². The maximum absolute atomic E-state index is 13.2. The first-order valence-electron chi connectivity index (χ1n) is 4.26. The van der Waals surface area contributed by atoms with Gasteiger partial charge in [-0.3, -0.25) is 0 Å². The molecule has 1 aromatic carbocycles. The molecule has 1 nitrogen and oxygen atoms in total. The van der Waals surface area contributed by atoms with Crippen LogP contribution in [0.3, 0.4) is 0 Å². The summed E-state index contributed by atoms with van der Waals surface area (Å²) >= 11 is 5.68. The van der Waals surface area contributed by atoms with Crippen molar-refractivity contribution in [1.82, 2.24) is 0 Å². The molecule has 0 aliphatic heterocycles. The lowest BCUT2D eigenvalue weighted by atomic mass is 10.1. The van der Waals surface area contributed by atoms with Crippen LogP contribution in [0.5, 0.6) is 0 Å². The largest absolute Gasteiger partial charge is 0.396 e. The van der Waals surface area contributed by atoms with Crippen LogP contribution >= 0.6 is 11.6 Å². The second-order valence-corrected chi connectivity index (χ2v) is 3.29. The van der Waals surface area contributed by atoms with E-state index in [0.717, 1.165) is 5.56 Å². The van der Waals surface area contributed by atoms with Crippen molar-refractivity contribution in [2.24, 2.45) is 0 Å². The Bertz CT molecular complexity index is 299. The Hall–Kier alpha value is -0.600. The van der Waals surface area contributed by atoms with Gasteiger partial charge >= 0.3 is 0 Å². The van der Waals surface area contributed by atoms with Crippen molar-refractivity contribution in [3.63, 3.8) is 0 Å². The fourth-order valence-electron chi connectivity index (χ4n) is 1.24. The molecular formula is C10H12ClFO. The lowest BCUT2D eigenvalue weighted by Gasteiger charge is -2.05. The van der Waals surface area contributed by atoms with Gasteiger partial charge in [0.1, 0.15) is 5.82 Å². The van der Waals surface area contributed by atoms with Crippen LogP contribution in [0.1, 0.15) is 18.1 Å². The topological polar surface area (TPSA) is 20.2 Å². The summed E-state index contributed by atoms with van der Waals surface area (Å²) in [6.07, 6.45) is 1.14. The normalized spacial score (nSPS) is 10.5. The highest BCUT2D eigenvalue weighted by molar-refractivity contribution is 6.30. The summed E-state index contributed by atoms with van der Waals surface area (Å²) in [5, 5.41) is 8.85. The van der Waals surface area contributed by atoms with E-state index in [-0.39, 0.29) is 17.4 Å². The molecule has 0 heterocycles. The summed E-state index contributed by atoms with van der Waals surface area (Å²) in [6.45, 7) is 1.93. The van der Waals surface area contributed by atoms with Crippen LogP contribution in [-0.4, -0.2) is 11.7 Å². The molecule has 72 valence electrons. The number of halogens is 2. The monoisotopic (exact) mass is 202 g/mol. The third-order valence-corrected chi connectivity index (χ3v) is 2.22. The first-order valence-corrected chi connectivity index (χ1v) is 4.64. The van der Waals surface area contributed by atoms with E-state index in [1.807, 2.05) is 6.92 Å². The maximum Gasteiger partial charge on any atom is 0.144 e. The minimum absolute atomic E-state index is 0.0606. The minimum Gasteiger partial charge on any atom is -0.396 e. The SMILES string of the molecule is CCc1cc(CCO)cc(Cl)c1F. The van der Waals surface area contributed by atoms with E-state index in [2.05, 4.69) is 0 Å².